The van der Waals surface area contributed by atoms with Gasteiger partial charge < -0.3 is 0 Å². The van der Waals surface area contributed by atoms with Gasteiger partial charge in [-0.15, -0.1) is 0 Å². The summed E-state index contributed by atoms with van der Waals surface area (Å²) >= 11 is 0. The monoisotopic (exact) mass is 186 g/mol. The summed E-state index contributed by atoms with van der Waals surface area (Å²) < 4.78 is 0. The SMILES string of the molecule is CC.CC(C)=C/C=C(\C)C(=O)OO. The molecule has 0 aromatic heterocycles. The fourth-order valence-electron chi connectivity index (χ4n) is 0.432. The van der Waals surface area contributed by atoms with Crippen LogP contribution in [0.5, 0.6) is 0 Å². The van der Waals surface area contributed by atoms with E-state index in [2.05, 4.69) is 4.89 Å². The highest BCUT2D eigenvalue weighted by atomic mass is 17.1. The number of carbonyl (C=O) groups is 1. The minimum absolute atomic E-state index is 0.369. The standard InChI is InChI=1S/C8H12O3.C2H6/c1-6(2)4-5-7(3)8(9)11-10;1-2/h4-5,10H,1-3H3;1-2H3/b7-5+;. The van der Waals surface area contributed by atoms with Crippen LogP contribution in [0, 0.1) is 0 Å². The Kier molecular flexibility index (Phi) is 10.00. The van der Waals surface area contributed by atoms with Crippen LogP contribution in [0.2, 0.25) is 0 Å². The molecule has 0 atom stereocenters. The maximum absolute atomic E-state index is 10.6. The molecule has 0 aliphatic rings. The molecule has 0 aromatic rings. The van der Waals surface area contributed by atoms with Crippen molar-refractivity contribution in [3.05, 3.63) is 23.3 Å². The fraction of sp³-hybridized carbons (Fsp3) is 0.500. The van der Waals surface area contributed by atoms with E-state index in [0.717, 1.165) is 5.57 Å². The van der Waals surface area contributed by atoms with E-state index in [4.69, 9.17) is 5.26 Å². The Bertz CT molecular complexity index is 198. The predicted octanol–water partition coefficient (Wildman–Crippen LogP) is 2.94. The summed E-state index contributed by atoms with van der Waals surface area (Å²) in [6.45, 7) is 9.39. The van der Waals surface area contributed by atoms with E-state index in [1.807, 2.05) is 27.7 Å². The first kappa shape index (κ1) is 14.4. The average molecular weight is 186 g/mol. The molecule has 0 unspecified atom stereocenters. The smallest absolute Gasteiger partial charge is 0.296 e. The normalized spacial score (nSPS) is 9.54. The van der Waals surface area contributed by atoms with Crippen molar-refractivity contribution in [2.45, 2.75) is 34.6 Å². The number of carbonyl (C=O) groups excluding carboxylic acids is 1. The van der Waals surface area contributed by atoms with Gasteiger partial charge in [-0.2, -0.15) is 5.26 Å². The number of hydrogen-bond acceptors (Lipinski definition) is 3. The molecule has 3 heteroatoms. The Morgan fingerprint density at radius 3 is 1.92 bits per heavy atom. The van der Waals surface area contributed by atoms with Crippen LogP contribution in [0.1, 0.15) is 34.6 Å². The molecule has 0 bridgehead atoms. The van der Waals surface area contributed by atoms with Gasteiger partial charge in [0.2, 0.25) is 0 Å². The van der Waals surface area contributed by atoms with E-state index in [9.17, 15) is 4.79 Å². The van der Waals surface area contributed by atoms with Crippen molar-refractivity contribution in [1.82, 2.24) is 0 Å². The Morgan fingerprint density at radius 1 is 1.15 bits per heavy atom. The van der Waals surface area contributed by atoms with Crippen molar-refractivity contribution in [3.8, 4) is 0 Å². The van der Waals surface area contributed by atoms with Gasteiger partial charge in [0.25, 0.3) is 0 Å². The lowest BCUT2D eigenvalue weighted by Gasteiger charge is -1.92. The van der Waals surface area contributed by atoms with Crippen molar-refractivity contribution in [2.75, 3.05) is 0 Å². The van der Waals surface area contributed by atoms with E-state index in [0.29, 0.717) is 5.57 Å². The quantitative estimate of drug-likeness (QED) is 0.312. The van der Waals surface area contributed by atoms with Crippen molar-refractivity contribution in [2.24, 2.45) is 0 Å². The molecule has 0 saturated heterocycles. The zero-order valence-electron chi connectivity index (χ0n) is 8.92. The molecule has 0 saturated carbocycles. The third-order valence-corrected chi connectivity index (χ3v) is 1.07. The highest BCUT2D eigenvalue weighted by Crippen LogP contribution is 1.98. The van der Waals surface area contributed by atoms with Crippen molar-refractivity contribution >= 4 is 5.97 Å². The Morgan fingerprint density at radius 2 is 1.62 bits per heavy atom. The third-order valence-electron chi connectivity index (χ3n) is 1.07. The minimum atomic E-state index is -0.720. The van der Waals surface area contributed by atoms with Crippen LogP contribution in [0.25, 0.3) is 0 Å². The van der Waals surface area contributed by atoms with Gasteiger partial charge >= 0.3 is 5.97 Å². The maximum Gasteiger partial charge on any atom is 0.368 e. The molecule has 0 rings (SSSR count). The molecular weight excluding hydrogens is 168 g/mol. The first-order valence-corrected chi connectivity index (χ1v) is 4.25. The van der Waals surface area contributed by atoms with Gasteiger partial charge in [-0.25, -0.2) is 4.79 Å². The molecule has 13 heavy (non-hydrogen) atoms. The van der Waals surface area contributed by atoms with Gasteiger partial charge in [0.1, 0.15) is 0 Å². The van der Waals surface area contributed by atoms with Gasteiger partial charge in [0.15, 0.2) is 0 Å². The molecule has 0 aliphatic heterocycles. The van der Waals surface area contributed by atoms with Crippen molar-refractivity contribution in [1.29, 1.82) is 0 Å². The van der Waals surface area contributed by atoms with Crippen LogP contribution in [0.3, 0.4) is 0 Å². The van der Waals surface area contributed by atoms with Crippen LogP contribution >= 0.6 is 0 Å². The summed E-state index contributed by atoms with van der Waals surface area (Å²) in [6.07, 6.45) is 3.36. The molecule has 0 heterocycles. The molecule has 0 aliphatic carbocycles. The topological polar surface area (TPSA) is 46.5 Å². The highest BCUT2D eigenvalue weighted by Gasteiger charge is 2.01. The Labute approximate surface area is 79.6 Å². The summed E-state index contributed by atoms with van der Waals surface area (Å²) in [4.78, 5) is 14.1. The van der Waals surface area contributed by atoms with Gasteiger partial charge in [0, 0.05) is 5.57 Å². The minimum Gasteiger partial charge on any atom is -0.296 e. The second-order valence-corrected chi connectivity index (χ2v) is 2.47. The molecule has 3 nitrogen and oxygen atoms in total. The van der Waals surface area contributed by atoms with Crippen LogP contribution in [-0.4, -0.2) is 11.2 Å². The summed E-state index contributed by atoms with van der Waals surface area (Å²) in [6, 6.07) is 0. The second-order valence-electron chi connectivity index (χ2n) is 2.47. The summed E-state index contributed by atoms with van der Waals surface area (Å²) in [7, 11) is 0. The lowest BCUT2D eigenvalue weighted by atomic mass is 10.2. The van der Waals surface area contributed by atoms with E-state index >= 15 is 0 Å². The first-order valence-electron chi connectivity index (χ1n) is 4.25. The molecule has 0 fully saturated rings. The van der Waals surface area contributed by atoms with E-state index in [1.54, 1.807) is 19.1 Å². The maximum atomic E-state index is 10.6. The number of hydrogen-bond donors (Lipinski definition) is 1. The molecule has 1 N–H and O–H groups in total. The fourth-order valence-corrected chi connectivity index (χ4v) is 0.432. The van der Waals surface area contributed by atoms with Gasteiger partial charge in [-0.1, -0.05) is 31.6 Å². The molecule has 0 radical (unpaired) electrons. The highest BCUT2D eigenvalue weighted by molar-refractivity contribution is 5.87. The van der Waals surface area contributed by atoms with E-state index < -0.39 is 5.97 Å². The second kappa shape index (κ2) is 9.00. The van der Waals surface area contributed by atoms with Crippen LogP contribution in [0.15, 0.2) is 23.3 Å². The van der Waals surface area contributed by atoms with Gasteiger partial charge in [-0.05, 0) is 20.8 Å². The van der Waals surface area contributed by atoms with E-state index in [1.165, 1.54) is 0 Å². The van der Waals surface area contributed by atoms with Crippen molar-refractivity contribution < 1.29 is 14.9 Å². The molecule has 0 aromatic carbocycles. The van der Waals surface area contributed by atoms with E-state index in [-0.39, 0.29) is 0 Å². The average Bonchev–Trinajstić information content (AvgIpc) is 2.16. The molecular formula is C10H18O3. The molecule has 76 valence electrons. The van der Waals surface area contributed by atoms with Gasteiger partial charge in [-0.3, -0.25) is 4.89 Å². The largest absolute Gasteiger partial charge is 0.368 e. The number of allylic oxidation sites excluding steroid dienone is 3. The van der Waals surface area contributed by atoms with Gasteiger partial charge in [0.05, 0.1) is 0 Å². The van der Waals surface area contributed by atoms with Crippen LogP contribution in [-0.2, 0) is 9.68 Å². The zero-order valence-corrected chi connectivity index (χ0v) is 8.92. The predicted molar refractivity (Wildman–Crippen MR) is 53.3 cm³/mol. The Balaban J connectivity index is 0. The van der Waals surface area contributed by atoms with Crippen LogP contribution in [0.4, 0.5) is 0 Å². The van der Waals surface area contributed by atoms with Crippen LogP contribution < -0.4 is 0 Å². The first-order chi connectivity index (χ1) is 6.07. The molecule has 0 amide bonds. The zero-order chi connectivity index (χ0) is 10.9. The molecule has 0 spiro atoms. The summed E-state index contributed by atoms with van der Waals surface area (Å²) in [5.41, 5.74) is 1.45. The lowest BCUT2D eigenvalue weighted by molar-refractivity contribution is -0.229. The lowest BCUT2D eigenvalue weighted by Crippen LogP contribution is -2.01. The summed E-state index contributed by atoms with van der Waals surface area (Å²) in [5, 5.41) is 7.96. The van der Waals surface area contributed by atoms with Crippen molar-refractivity contribution in [3.63, 3.8) is 0 Å². The third kappa shape index (κ3) is 8.82. The summed E-state index contributed by atoms with van der Waals surface area (Å²) in [5.74, 6) is -0.720. The Hall–Kier alpha value is -1.09. The number of rotatable bonds is 2.